The van der Waals surface area contributed by atoms with Gasteiger partial charge in [0.05, 0.1) is 53.6 Å². The number of ether oxygens (including phenoxy) is 2. The van der Waals surface area contributed by atoms with Gasteiger partial charge in [-0.2, -0.15) is 5.10 Å². The molecule has 1 saturated heterocycles. The van der Waals surface area contributed by atoms with Crippen molar-refractivity contribution in [3.8, 4) is 17.2 Å². The number of hydrazone groups is 1. The van der Waals surface area contributed by atoms with E-state index in [-0.39, 0.29) is 71.9 Å². The van der Waals surface area contributed by atoms with Gasteiger partial charge >= 0.3 is 0 Å². The summed E-state index contributed by atoms with van der Waals surface area (Å²) in [6.07, 6.45) is -2.78. The predicted molar refractivity (Wildman–Crippen MR) is 185 cm³/mol. The first-order valence-corrected chi connectivity index (χ1v) is 17.6. The topological polar surface area (TPSA) is 241 Å². The molecule has 1 aliphatic heterocycles. The average Bonchev–Trinajstić information content (AvgIpc) is 3.37. The van der Waals surface area contributed by atoms with E-state index in [4.69, 9.17) is 9.47 Å². The quantitative estimate of drug-likeness (QED) is 0.0618. The third-order valence-electron chi connectivity index (χ3n) is 9.21. The second kappa shape index (κ2) is 15.4. The smallest absolute Gasteiger partial charge is 0.242 e. The number of aromatic hydroxyl groups is 2. The van der Waals surface area contributed by atoms with Crippen molar-refractivity contribution in [1.82, 2.24) is 15.6 Å². The number of aliphatic hydroxyl groups is 2. The minimum absolute atomic E-state index is 0.0273. The molecule has 6 N–H and O–H groups in total. The lowest BCUT2D eigenvalue weighted by atomic mass is 9.71. The van der Waals surface area contributed by atoms with Gasteiger partial charge in [-0.25, -0.2) is 5.43 Å². The molecule has 0 aromatic heterocycles. The van der Waals surface area contributed by atoms with E-state index in [9.17, 15) is 49.2 Å². The molecule has 5 rings (SSSR count). The molecule has 278 valence electrons. The highest BCUT2D eigenvalue weighted by molar-refractivity contribution is 8.00. The van der Waals surface area contributed by atoms with E-state index in [1.165, 1.54) is 44.1 Å². The van der Waals surface area contributed by atoms with Gasteiger partial charge in [-0.05, 0) is 19.9 Å². The summed E-state index contributed by atoms with van der Waals surface area (Å²) in [7, 11) is 2.82. The number of phenols is 2. The minimum atomic E-state index is -2.10. The third-order valence-corrected chi connectivity index (χ3v) is 10.4. The highest BCUT2D eigenvalue weighted by Gasteiger charge is 2.48. The monoisotopic (exact) mass is 740 g/mol. The average molecular weight is 741 g/mol. The van der Waals surface area contributed by atoms with Crippen molar-refractivity contribution in [3.63, 3.8) is 0 Å². The molecule has 4 amide bonds. The molecule has 2 aromatic carbocycles. The van der Waals surface area contributed by atoms with Crippen LogP contribution >= 0.6 is 11.8 Å². The zero-order valence-corrected chi connectivity index (χ0v) is 29.8. The standard InChI is InChI=1S/C35H40N4O12S/c1-16(2)51-20-14-35(49,22(15-40)37-38-24(42)8-10-39-25(43)12-21(34(39)48)52-11-9-23(41)36-3)13-18-27(20)33(47)29-28(31(18)45)30(44)17-6-5-7-19(50-4)26(17)32(29)46/h5-7,16,20-21,40,45,47,49H,8-15H2,1-4H3,(H,36,41)(H,38,42)/b37-22+/t20-,21?,35-/m0/s1. The maximum atomic E-state index is 13.8. The number of rotatable bonds is 13. The van der Waals surface area contributed by atoms with E-state index in [0.29, 0.717) is 5.75 Å². The molecule has 0 spiro atoms. The molecule has 0 radical (unpaired) electrons. The summed E-state index contributed by atoms with van der Waals surface area (Å²) in [5.41, 5.74) is -1.41. The first-order chi connectivity index (χ1) is 24.7. The molecule has 2 aromatic rings. The Morgan fingerprint density at radius 3 is 2.42 bits per heavy atom. The fourth-order valence-electron chi connectivity index (χ4n) is 6.71. The summed E-state index contributed by atoms with van der Waals surface area (Å²) in [5.74, 6) is -4.24. The van der Waals surface area contributed by atoms with Gasteiger partial charge < -0.3 is 35.2 Å². The van der Waals surface area contributed by atoms with Crippen molar-refractivity contribution < 1.29 is 58.7 Å². The Morgan fingerprint density at radius 1 is 1.06 bits per heavy atom. The predicted octanol–water partition coefficient (Wildman–Crippen LogP) is 0.877. The molecule has 3 aliphatic rings. The Bertz CT molecular complexity index is 1880. The minimum Gasteiger partial charge on any atom is -0.507 e. The summed E-state index contributed by atoms with van der Waals surface area (Å²) >= 11 is 1.18. The number of methoxy groups -OCH3 is 1. The van der Waals surface area contributed by atoms with Gasteiger partial charge in [0, 0.05) is 68.1 Å². The van der Waals surface area contributed by atoms with Crippen LogP contribution in [0.5, 0.6) is 17.2 Å². The second-order valence-electron chi connectivity index (χ2n) is 12.8. The zero-order valence-electron chi connectivity index (χ0n) is 29.0. The van der Waals surface area contributed by atoms with Crippen LogP contribution in [0.3, 0.4) is 0 Å². The summed E-state index contributed by atoms with van der Waals surface area (Å²) in [6, 6.07) is 4.38. The highest BCUT2D eigenvalue weighted by Crippen LogP contribution is 2.52. The van der Waals surface area contributed by atoms with Crippen LogP contribution in [0.1, 0.15) is 88.6 Å². The van der Waals surface area contributed by atoms with Gasteiger partial charge in [0.25, 0.3) is 0 Å². The summed E-state index contributed by atoms with van der Waals surface area (Å²) < 4.78 is 11.3. The first kappa shape index (κ1) is 38.4. The number of carbonyl (C=O) groups is 6. The summed E-state index contributed by atoms with van der Waals surface area (Å²) in [4.78, 5) is 78.0. The lowest BCUT2D eigenvalue weighted by Gasteiger charge is -2.40. The molecule has 2 aliphatic carbocycles. The molecule has 1 fully saturated rings. The molecule has 16 nitrogen and oxygen atoms in total. The van der Waals surface area contributed by atoms with E-state index in [1.807, 2.05) is 0 Å². The number of aliphatic hydroxyl groups excluding tert-OH is 1. The van der Waals surface area contributed by atoms with Crippen molar-refractivity contribution in [2.75, 3.05) is 33.1 Å². The lowest BCUT2D eigenvalue weighted by Crippen LogP contribution is -2.48. The number of nitrogens with one attached hydrogen (secondary N) is 2. The Balaban J connectivity index is 1.38. The van der Waals surface area contributed by atoms with Crippen LogP contribution in [0.4, 0.5) is 0 Å². The van der Waals surface area contributed by atoms with Gasteiger partial charge in [-0.1, -0.05) is 12.1 Å². The van der Waals surface area contributed by atoms with Crippen LogP contribution in [-0.4, -0.2) is 116 Å². The van der Waals surface area contributed by atoms with Gasteiger partial charge in [0.15, 0.2) is 5.78 Å². The van der Waals surface area contributed by atoms with Crippen molar-refractivity contribution in [2.45, 2.75) is 69.0 Å². The molecular weight excluding hydrogens is 700 g/mol. The SMILES string of the molecule is CNC(=O)CCSC1CC(=O)N(CCC(=O)N/N=C(\CO)[C@]2(O)Cc3c(O)c4c(c(O)c3[C@@H](OC(C)C)C2)C(=O)c2c(OC)cccc2C4=O)C1=O. The van der Waals surface area contributed by atoms with Crippen LogP contribution in [0.15, 0.2) is 23.3 Å². The van der Waals surface area contributed by atoms with Crippen molar-refractivity contribution in [2.24, 2.45) is 5.10 Å². The van der Waals surface area contributed by atoms with Crippen LogP contribution in [0.2, 0.25) is 0 Å². The fraction of sp³-hybridized carbons (Fsp3) is 0.457. The number of nitrogens with zero attached hydrogens (tertiary/aromatic N) is 2. The van der Waals surface area contributed by atoms with Gasteiger partial charge in [0.1, 0.15) is 22.8 Å². The molecule has 1 heterocycles. The van der Waals surface area contributed by atoms with E-state index in [2.05, 4.69) is 15.8 Å². The molecule has 0 saturated carbocycles. The second-order valence-corrected chi connectivity index (χ2v) is 14.1. The Labute approximate surface area is 302 Å². The van der Waals surface area contributed by atoms with Gasteiger partial charge in [-0.3, -0.25) is 33.7 Å². The Kier molecular flexibility index (Phi) is 11.4. The zero-order chi connectivity index (χ0) is 38.1. The number of carbonyl (C=O) groups excluding carboxylic acids is 6. The van der Waals surface area contributed by atoms with Crippen LogP contribution < -0.4 is 15.5 Å². The molecular formula is C35H40N4O12S. The maximum Gasteiger partial charge on any atom is 0.242 e. The van der Waals surface area contributed by atoms with Gasteiger partial charge in [0.2, 0.25) is 29.4 Å². The van der Waals surface area contributed by atoms with E-state index >= 15 is 0 Å². The van der Waals surface area contributed by atoms with Crippen LogP contribution in [-0.2, 0) is 30.3 Å². The van der Waals surface area contributed by atoms with Crippen molar-refractivity contribution in [3.05, 3.63) is 51.6 Å². The molecule has 52 heavy (non-hydrogen) atoms. The number of phenolic OH excluding ortho intramolecular Hbond substituents is 2. The Hall–Kier alpha value is -4.84. The van der Waals surface area contributed by atoms with Crippen molar-refractivity contribution >= 4 is 52.7 Å². The normalized spacial score (nSPS) is 21.2. The third kappa shape index (κ3) is 7.13. The summed E-state index contributed by atoms with van der Waals surface area (Å²) in [5, 5.41) is 51.2. The maximum absolute atomic E-state index is 13.8. The number of amides is 4. The van der Waals surface area contributed by atoms with E-state index in [0.717, 1.165) is 4.90 Å². The number of benzene rings is 2. The Morgan fingerprint density at radius 2 is 1.77 bits per heavy atom. The van der Waals surface area contributed by atoms with Crippen LogP contribution in [0.25, 0.3) is 0 Å². The largest absolute Gasteiger partial charge is 0.507 e. The number of fused-ring (bicyclic) bond motifs is 3. The molecule has 3 atom stereocenters. The van der Waals surface area contributed by atoms with E-state index in [1.54, 1.807) is 13.8 Å². The number of ketones is 2. The fourth-order valence-corrected chi connectivity index (χ4v) is 7.82. The number of thioether (sulfide) groups is 1. The number of hydrogen-bond donors (Lipinski definition) is 6. The number of hydrogen-bond acceptors (Lipinski definition) is 14. The van der Waals surface area contributed by atoms with E-state index < -0.39 is 88.0 Å². The number of likely N-dealkylation sites (tertiary alicyclic amines) is 1. The molecule has 1 unspecified atom stereocenters. The highest BCUT2D eigenvalue weighted by atomic mass is 32.2. The first-order valence-electron chi connectivity index (χ1n) is 16.5. The van der Waals surface area contributed by atoms with Gasteiger partial charge in [-0.15, -0.1) is 11.8 Å². The van der Waals surface area contributed by atoms with Crippen LogP contribution in [0, 0.1) is 0 Å². The number of imide groups is 1. The lowest BCUT2D eigenvalue weighted by molar-refractivity contribution is -0.138. The molecule has 17 heteroatoms. The van der Waals surface area contributed by atoms with Crippen molar-refractivity contribution in [1.29, 1.82) is 0 Å². The molecule has 0 bridgehead atoms. The summed E-state index contributed by atoms with van der Waals surface area (Å²) in [6.45, 7) is 2.24.